The van der Waals surface area contributed by atoms with Crippen molar-refractivity contribution in [3.8, 4) is 0 Å². The van der Waals surface area contributed by atoms with E-state index in [9.17, 15) is 9.59 Å². The van der Waals surface area contributed by atoms with E-state index < -0.39 is 12.1 Å². The minimum absolute atomic E-state index is 0.0149. The largest absolute Gasteiger partial charge is 0.445 e. The Kier molecular flexibility index (Phi) is 5.78. The van der Waals surface area contributed by atoms with Crippen LogP contribution in [0.15, 0.2) is 30.3 Å². The Morgan fingerprint density at radius 2 is 1.93 bits per heavy atom. The van der Waals surface area contributed by atoms with Crippen LogP contribution in [-0.2, 0) is 16.1 Å². The summed E-state index contributed by atoms with van der Waals surface area (Å²) in [5.74, 6) is 1.25. The highest BCUT2D eigenvalue weighted by Gasteiger charge is 2.47. The Bertz CT molecular complexity index is 668. The zero-order chi connectivity index (χ0) is 19.6. The van der Waals surface area contributed by atoms with E-state index in [1.54, 1.807) is 0 Å². The first-order valence-corrected chi connectivity index (χ1v) is 10.0. The van der Waals surface area contributed by atoms with Crippen LogP contribution < -0.4 is 5.32 Å². The number of hydrogen-bond donors (Lipinski definition) is 1. The summed E-state index contributed by atoms with van der Waals surface area (Å²) in [6, 6.07) is 9.20. The number of nitrogens with zero attached hydrogens (tertiary/aromatic N) is 1. The summed E-state index contributed by atoms with van der Waals surface area (Å²) >= 11 is 0. The Morgan fingerprint density at radius 1 is 1.22 bits per heavy atom. The Labute approximate surface area is 162 Å². The molecule has 27 heavy (non-hydrogen) atoms. The van der Waals surface area contributed by atoms with Crippen LogP contribution in [-0.4, -0.2) is 35.5 Å². The first kappa shape index (κ1) is 19.7. The van der Waals surface area contributed by atoms with Crippen molar-refractivity contribution < 1.29 is 14.3 Å². The number of fused-ring (bicyclic) bond motifs is 1. The summed E-state index contributed by atoms with van der Waals surface area (Å²) in [7, 11) is 0. The highest BCUT2D eigenvalue weighted by Crippen LogP contribution is 2.42. The summed E-state index contributed by atoms with van der Waals surface area (Å²) in [6.45, 7) is 9.11. The summed E-state index contributed by atoms with van der Waals surface area (Å²) in [5, 5.41) is 2.84. The van der Waals surface area contributed by atoms with Crippen LogP contribution in [0.5, 0.6) is 0 Å². The van der Waals surface area contributed by atoms with E-state index in [0.29, 0.717) is 11.8 Å². The number of likely N-dealkylation sites (tertiary alicyclic amines) is 1. The summed E-state index contributed by atoms with van der Waals surface area (Å²) in [4.78, 5) is 27.7. The van der Waals surface area contributed by atoms with Crippen LogP contribution in [0.3, 0.4) is 0 Å². The van der Waals surface area contributed by atoms with E-state index >= 15 is 0 Å². The van der Waals surface area contributed by atoms with Gasteiger partial charge in [-0.25, -0.2) is 4.79 Å². The van der Waals surface area contributed by atoms with Crippen molar-refractivity contribution in [3.05, 3.63) is 35.9 Å². The zero-order valence-electron chi connectivity index (χ0n) is 16.9. The lowest BCUT2D eigenvalue weighted by atomic mass is 9.85. The average Bonchev–Trinajstić information content (AvgIpc) is 3.20. The number of alkyl carbamates (subject to hydrolysis) is 1. The van der Waals surface area contributed by atoms with Crippen LogP contribution in [0.2, 0.25) is 0 Å². The number of amides is 2. The lowest BCUT2D eigenvalue weighted by molar-refractivity contribution is -0.137. The first-order valence-electron chi connectivity index (χ1n) is 10.0. The topological polar surface area (TPSA) is 58.6 Å². The zero-order valence-corrected chi connectivity index (χ0v) is 16.9. The van der Waals surface area contributed by atoms with Crippen LogP contribution in [0.25, 0.3) is 0 Å². The van der Waals surface area contributed by atoms with Gasteiger partial charge in [0.15, 0.2) is 0 Å². The van der Waals surface area contributed by atoms with Gasteiger partial charge in [0.05, 0.1) is 0 Å². The van der Waals surface area contributed by atoms with Gasteiger partial charge in [0, 0.05) is 12.6 Å². The van der Waals surface area contributed by atoms with E-state index in [2.05, 4.69) is 12.2 Å². The molecule has 1 aromatic rings. The average molecular weight is 373 g/mol. The molecule has 1 aliphatic heterocycles. The molecule has 5 nitrogen and oxygen atoms in total. The third-order valence-corrected chi connectivity index (χ3v) is 6.13. The van der Waals surface area contributed by atoms with Gasteiger partial charge in [0.25, 0.3) is 0 Å². The second-order valence-corrected chi connectivity index (χ2v) is 9.09. The molecular weight excluding hydrogens is 340 g/mol. The number of hydrogen-bond acceptors (Lipinski definition) is 3. The third kappa shape index (κ3) is 4.45. The molecule has 5 heteroatoms. The standard InChI is InChI=1S/C22H32N2O3/c1-15-18-12-8-11-17(18)13-24(15)20(25)19(22(2,3)4)23-21(26)27-14-16-9-6-5-7-10-16/h5-7,9-10,15,17-19H,8,11-14H2,1-4H3,(H,23,26)/t15-,17+,18-,19-/m1/s1. The van der Waals surface area contributed by atoms with Gasteiger partial charge in [0.2, 0.25) is 5.91 Å². The molecule has 2 amide bonds. The van der Waals surface area contributed by atoms with E-state index in [0.717, 1.165) is 12.1 Å². The molecule has 0 radical (unpaired) electrons. The molecule has 0 bridgehead atoms. The fraction of sp³-hybridized carbons (Fsp3) is 0.636. The maximum Gasteiger partial charge on any atom is 0.408 e. The number of carbonyl (C=O) groups excluding carboxylic acids is 2. The molecule has 1 saturated heterocycles. The minimum atomic E-state index is -0.595. The summed E-state index contributed by atoms with van der Waals surface area (Å²) < 4.78 is 5.35. The number of benzene rings is 1. The quantitative estimate of drug-likeness (QED) is 0.870. The van der Waals surface area contributed by atoms with E-state index in [1.165, 1.54) is 19.3 Å². The highest BCUT2D eigenvalue weighted by atomic mass is 16.5. The molecule has 0 aromatic heterocycles. The van der Waals surface area contributed by atoms with Gasteiger partial charge >= 0.3 is 6.09 Å². The van der Waals surface area contributed by atoms with Crippen LogP contribution in [0, 0.1) is 17.3 Å². The molecule has 0 unspecified atom stereocenters. The van der Waals surface area contributed by atoms with Gasteiger partial charge < -0.3 is 15.0 Å². The molecule has 3 rings (SSSR count). The Morgan fingerprint density at radius 3 is 2.56 bits per heavy atom. The van der Waals surface area contributed by atoms with Crippen molar-refractivity contribution in [1.82, 2.24) is 10.2 Å². The molecule has 2 aliphatic rings. The molecule has 1 aliphatic carbocycles. The van der Waals surface area contributed by atoms with Crippen LogP contribution in [0.4, 0.5) is 4.79 Å². The van der Waals surface area contributed by atoms with Crippen molar-refractivity contribution in [2.45, 2.75) is 65.6 Å². The maximum absolute atomic E-state index is 13.3. The normalized spacial score (nSPS) is 25.8. The molecule has 0 spiro atoms. The SMILES string of the molecule is C[C@@H]1[C@H]2CCC[C@H]2CN1C(=O)[C@@H](NC(=O)OCc1ccccc1)C(C)(C)C. The van der Waals surface area contributed by atoms with Gasteiger partial charge in [0.1, 0.15) is 12.6 Å². The molecule has 1 saturated carbocycles. The first-order chi connectivity index (χ1) is 12.8. The number of rotatable bonds is 4. The second-order valence-electron chi connectivity index (χ2n) is 9.09. The van der Waals surface area contributed by atoms with Crippen LogP contribution >= 0.6 is 0 Å². The maximum atomic E-state index is 13.3. The van der Waals surface area contributed by atoms with Gasteiger partial charge in [-0.05, 0) is 42.6 Å². The van der Waals surface area contributed by atoms with E-state index in [-0.39, 0.29) is 24.0 Å². The van der Waals surface area contributed by atoms with Gasteiger partial charge in [-0.1, -0.05) is 57.5 Å². The van der Waals surface area contributed by atoms with E-state index in [4.69, 9.17) is 4.74 Å². The highest BCUT2D eigenvalue weighted by molar-refractivity contribution is 5.87. The Balaban J connectivity index is 1.63. The fourth-order valence-electron chi connectivity index (χ4n) is 4.57. The predicted molar refractivity (Wildman–Crippen MR) is 105 cm³/mol. The number of ether oxygens (including phenoxy) is 1. The number of nitrogens with one attached hydrogen (secondary N) is 1. The van der Waals surface area contributed by atoms with Crippen molar-refractivity contribution >= 4 is 12.0 Å². The van der Waals surface area contributed by atoms with Gasteiger partial charge in [-0.15, -0.1) is 0 Å². The Hall–Kier alpha value is -2.04. The van der Waals surface area contributed by atoms with Gasteiger partial charge in [-0.2, -0.15) is 0 Å². The third-order valence-electron chi connectivity index (χ3n) is 6.13. The van der Waals surface area contributed by atoms with Crippen molar-refractivity contribution in [3.63, 3.8) is 0 Å². The lowest BCUT2D eigenvalue weighted by Gasteiger charge is -2.35. The fourth-order valence-corrected chi connectivity index (χ4v) is 4.57. The monoisotopic (exact) mass is 372 g/mol. The molecule has 1 aromatic carbocycles. The molecule has 1 N–H and O–H groups in total. The molecule has 148 valence electrons. The predicted octanol–water partition coefficient (Wildman–Crippen LogP) is 3.97. The lowest BCUT2D eigenvalue weighted by Crippen LogP contribution is -2.55. The molecule has 1 heterocycles. The van der Waals surface area contributed by atoms with Crippen LogP contribution in [0.1, 0.15) is 52.5 Å². The van der Waals surface area contributed by atoms with E-state index in [1.807, 2.05) is 56.0 Å². The smallest absolute Gasteiger partial charge is 0.408 e. The summed E-state index contributed by atoms with van der Waals surface area (Å²) in [6.07, 6.45) is 3.15. The molecule has 4 atom stereocenters. The van der Waals surface area contributed by atoms with Crippen molar-refractivity contribution in [1.29, 1.82) is 0 Å². The molecule has 2 fully saturated rings. The minimum Gasteiger partial charge on any atom is -0.445 e. The summed E-state index contributed by atoms with van der Waals surface area (Å²) in [5.41, 5.74) is 0.535. The second kappa shape index (κ2) is 7.91. The van der Waals surface area contributed by atoms with Crippen molar-refractivity contribution in [2.24, 2.45) is 17.3 Å². The van der Waals surface area contributed by atoms with Gasteiger partial charge in [-0.3, -0.25) is 4.79 Å². The number of carbonyl (C=O) groups is 2. The van der Waals surface area contributed by atoms with Crippen molar-refractivity contribution in [2.75, 3.05) is 6.54 Å². The molecular formula is C22H32N2O3.